The van der Waals surface area contributed by atoms with Crippen LogP contribution in [0.2, 0.25) is 0 Å². The van der Waals surface area contributed by atoms with E-state index >= 15 is 0 Å². The summed E-state index contributed by atoms with van der Waals surface area (Å²) in [4.78, 5) is 23.0. The Kier molecular flexibility index (Phi) is 3.62. The Labute approximate surface area is 111 Å². The van der Waals surface area contributed by atoms with E-state index in [0.29, 0.717) is 18.9 Å². The van der Waals surface area contributed by atoms with E-state index in [1.165, 1.54) is 0 Å². The van der Waals surface area contributed by atoms with E-state index < -0.39 is 34.4 Å². The fourth-order valence-corrected chi connectivity index (χ4v) is 2.51. The molecule has 1 unspecified atom stereocenters. The topological polar surface area (TPSA) is 46.5 Å². The molecule has 1 aliphatic rings. The molecule has 0 spiro atoms. The summed E-state index contributed by atoms with van der Waals surface area (Å²) in [5, 5.41) is 2.71. The molecule has 108 valence electrons. The van der Waals surface area contributed by atoms with E-state index in [9.17, 15) is 27.3 Å². The molecule has 0 aliphatic heterocycles. The van der Waals surface area contributed by atoms with Gasteiger partial charge in [0.2, 0.25) is 0 Å². The van der Waals surface area contributed by atoms with Crippen molar-refractivity contribution in [3.05, 3.63) is 40.1 Å². The molecular weight excluding hydrogens is 278 g/mol. The van der Waals surface area contributed by atoms with Crippen molar-refractivity contribution in [1.82, 2.24) is 0 Å². The fourth-order valence-electron chi connectivity index (χ4n) is 2.51. The minimum Gasteiger partial charge on any atom is -0.296 e. The molecule has 0 amide bonds. The van der Waals surface area contributed by atoms with E-state index in [0.717, 1.165) is 12.1 Å². The van der Waals surface area contributed by atoms with Gasteiger partial charge >= 0.3 is 6.18 Å². The van der Waals surface area contributed by atoms with Gasteiger partial charge in [0.25, 0.3) is 0 Å². The normalized spacial score (nSPS) is 23.7. The average molecular weight is 289 g/mol. The molecule has 3 nitrogen and oxygen atoms in total. The molecule has 20 heavy (non-hydrogen) atoms. The fraction of sp³-hybridized carbons (Fsp3) is 0.462. The van der Waals surface area contributed by atoms with Gasteiger partial charge in [0, 0.05) is 12.0 Å². The number of hydrogen-bond acceptors (Lipinski definition) is 3. The van der Waals surface area contributed by atoms with Crippen LogP contribution in [-0.2, 0) is 16.5 Å². The highest BCUT2D eigenvalue weighted by atomic mass is 19.4. The van der Waals surface area contributed by atoms with Gasteiger partial charge in [-0.15, -0.1) is 4.91 Å². The van der Waals surface area contributed by atoms with Gasteiger partial charge in [-0.05, 0) is 25.3 Å². The van der Waals surface area contributed by atoms with Crippen molar-refractivity contribution in [2.75, 3.05) is 0 Å². The van der Waals surface area contributed by atoms with Gasteiger partial charge in [-0.2, -0.15) is 13.2 Å². The van der Waals surface area contributed by atoms with Crippen molar-refractivity contribution in [1.29, 1.82) is 0 Å². The molecule has 0 radical (unpaired) electrons. The number of hydrogen-bond donors (Lipinski definition) is 0. The van der Waals surface area contributed by atoms with Gasteiger partial charge in [-0.25, -0.2) is 4.39 Å². The summed E-state index contributed by atoms with van der Waals surface area (Å²) in [6, 6.07) is 2.58. The molecule has 0 aromatic heterocycles. The zero-order chi connectivity index (χ0) is 15.0. The smallest absolute Gasteiger partial charge is 0.296 e. The second kappa shape index (κ2) is 4.96. The Balaban J connectivity index is 2.62. The first-order chi connectivity index (χ1) is 9.33. The van der Waals surface area contributed by atoms with Crippen LogP contribution < -0.4 is 0 Å². The number of carbonyl (C=O) groups is 1. The quantitative estimate of drug-likeness (QED) is 0.611. The molecule has 1 aliphatic carbocycles. The highest BCUT2D eigenvalue weighted by Gasteiger charge is 2.47. The third-order valence-electron chi connectivity index (χ3n) is 3.56. The Morgan fingerprint density at radius 3 is 2.45 bits per heavy atom. The van der Waals surface area contributed by atoms with Crippen LogP contribution in [0.25, 0.3) is 0 Å². The maximum Gasteiger partial charge on any atom is 0.419 e. The van der Waals surface area contributed by atoms with Crippen LogP contribution in [0, 0.1) is 10.7 Å². The van der Waals surface area contributed by atoms with E-state index in [1.807, 2.05) is 0 Å². The molecule has 0 saturated heterocycles. The molecular formula is C13H11F4NO2. The van der Waals surface area contributed by atoms with Gasteiger partial charge in [0.1, 0.15) is 5.82 Å². The highest BCUT2D eigenvalue weighted by Crippen LogP contribution is 2.42. The summed E-state index contributed by atoms with van der Waals surface area (Å²) >= 11 is 0. The molecule has 1 fully saturated rings. The van der Waals surface area contributed by atoms with Gasteiger partial charge in [-0.3, -0.25) is 4.79 Å². The summed E-state index contributed by atoms with van der Waals surface area (Å²) in [5.41, 5.74) is -4.09. The van der Waals surface area contributed by atoms with Crippen LogP contribution in [0.3, 0.4) is 0 Å². The standard InChI is InChI=1S/C13H11F4NO2/c14-11-8(4-3-5-9(11)13(15,16)17)12(18-20)7-2-1-6-10(12)19/h3-5H,1-2,6-7H2. The summed E-state index contributed by atoms with van der Waals surface area (Å²) in [6.45, 7) is 0. The minimum atomic E-state index is -4.89. The monoisotopic (exact) mass is 289 g/mol. The molecule has 1 aromatic carbocycles. The number of benzene rings is 1. The first-order valence-electron chi connectivity index (χ1n) is 6.07. The number of halogens is 4. The molecule has 1 atom stereocenters. The zero-order valence-electron chi connectivity index (χ0n) is 10.3. The van der Waals surface area contributed by atoms with Crippen molar-refractivity contribution in [2.45, 2.75) is 37.4 Å². The van der Waals surface area contributed by atoms with Crippen LogP contribution >= 0.6 is 0 Å². The van der Waals surface area contributed by atoms with Gasteiger partial charge < -0.3 is 0 Å². The predicted octanol–water partition coefficient (Wildman–Crippen LogP) is 3.95. The van der Waals surface area contributed by atoms with Crippen LogP contribution in [0.15, 0.2) is 23.4 Å². The number of nitrogens with zero attached hydrogens (tertiary/aromatic N) is 1. The van der Waals surface area contributed by atoms with Crippen molar-refractivity contribution in [3.8, 4) is 0 Å². The average Bonchev–Trinajstić information content (AvgIpc) is 2.39. The van der Waals surface area contributed by atoms with Crippen molar-refractivity contribution in [2.24, 2.45) is 5.18 Å². The Morgan fingerprint density at radius 1 is 1.20 bits per heavy atom. The lowest BCUT2D eigenvalue weighted by atomic mass is 9.75. The first kappa shape index (κ1) is 14.6. The Hall–Kier alpha value is -1.79. The van der Waals surface area contributed by atoms with Crippen LogP contribution in [0.5, 0.6) is 0 Å². The van der Waals surface area contributed by atoms with Crippen LogP contribution in [-0.4, -0.2) is 5.78 Å². The zero-order valence-corrected chi connectivity index (χ0v) is 10.3. The lowest BCUT2D eigenvalue weighted by Crippen LogP contribution is -2.37. The Morgan fingerprint density at radius 2 is 1.90 bits per heavy atom. The molecule has 0 bridgehead atoms. The van der Waals surface area contributed by atoms with Gasteiger partial charge in [-0.1, -0.05) is 17.3 Å². The van der Waals surface area contributed by atoms with Crippen molar-refractivity contribution in [3.63, 3.8) is 0 Å². The van der Waals surface area contributed by atoms with Gasteiger partial charge in [0.05, 0.1) is 5.56 Å². The third kappa shape index (κ3) is 2.21. The molecule has 0 heterocycles. The summed E-state index contributed by atoms with van der Waals surface area (Å²) < 4.78 is 52.2. The second-order valence-corrected chi connectivity index (χ2v) is 4.75. The van der Waals surface area contributed by atoms with E-state index in [4.69, 9.17) is 0 Å². The first-order valence-corrected chi connectivity index (χ1v) is 6.07. The number of nitroso groups, excluding NO2 is 1. The summed E-state index contributed by atoms with van der Waals surface area (Å²) in [7, 11) is 0. The molecule has 7 heteroatoms. The number of Topliss-reactive ketones (excluding diaryl/α,β-unsaturated/α-hetero) is 1. The van der Waals surface area contributed by atoms with Crippen LogP contribution in [0.1, 0.15) is 36.8 Å². The van der Waals surface area contributed by atoms with Crippen molar-refractivity contribution < 1.29 is 22.4 Å². The molecule has 2 rings (SSSR count). The van der Waals surface area contributed by atoms with E-state index in [2.05, 4.69) is 5.18 Å². The Bertz CT molecular complexity index is 556. The SMILES string of the molecule is O=NC1(c2cccc(C(F)(F)F)c2F)CCCCC1=O. The maximum atomic E-state index is 14.1. The maximum absolute atomic E-state index is 14.1. The lowest BCUT2D eigenvalue weighted by molar-refractivity contribution is -0.140. The predicted molar refractivity (Wildman–Crippen MR) is 62.4 cm³/mol. The largest absolute Gasteiger partial charge is 0.419 e. The minimum absolute atomic E-state index is 0.0153. The number of ketones is 1. The molecule has 1 saturated carbocycles. The van der Waals surface area contributed by atoms with Crippen LogP contribution in [0.4, 0.5) is 17.6 Å². The molecule has 0 N–H and O–H groups in total. The van der Waals surface area contributed by atoms with Gasteiger partial charge in [0.15, 0.2) is 11.3 Å². The molecule has 1 aromatic rings. The van der Waals surface area contributed by atoms with E-state index in [-0.39, 0.29) is 12.8 Å². The number of alkyl halides is 3. The highest BCUT2D eigenvalue weighted by molar-refractivity contribution is 5.90. The lowest BCUT2D eigenvalue weighted by Gasteiger charge is -2.30. The van der Waals surface area contributed by atoms with E-state index in [1.54, 1.807) is 0 Å². The second-order valence-electron chi connectivity index (χ2n) is 4.75. The van der Waals surface area contributed by atoms with Crippen molar-refractivity contribution >= 4 is 5.78 Å². The summed E-state index contributed by atoms with van der Waals surface area (Å²) in [5.74, 6) is -2.22. The number of carbonyl (C=O) groups excluding carboxylic acids is 1. The summed E-state index contributed by atoms with van der Waals surface area (Å²) in [6.07, 6.45) is -3.97. The number of rotatable bonds is 2. The third-order valence-corrected chi connectivity index (χ3v) is 3.56.